The zero-order valence-electron chi connectivity index (χ0n) is 15.7. The fourth-order valence-corrected chi connectivity index (χ4v) is 3.88. The molecule has 0 aromatic carbocycles. The summed E-state index contributed by atoms with van der Waals surface area (Å²) in [7, 11) is 0. The lowest BCUT2D eigenvalue weighted by atomic mass is 9.62. The van der Waals surface area contributed by atoms with Gasteiger partial charge in [-0.25, -0.2) is 19.6 Å². The van der Waals surface area contributed by atoms with Gasteiger partial charge < -0.3 is 4.74 Å². The molecule has 6 nitrogen and oxygen atoms in total. The van der Waals surface area contributed by atoms with Crippen LogP contribution in [-0.4, -0.2) is 45.2 Å². The molecule has 1 N–H and O–H groups in total. The molecule has 0 radical (unpaired) electrons. The maximum Gasteiger partial charge on any atom is 0.234 e. The normalized spacial score (nSPS) is 26.1. The SMILES string of the molecule is CCOCCCCOOCNC1CC(C)(C)CC(C)(CN=C=O)C1. The lowest BCUT2D eigenvalue weighted by molar-refractivity contribution is -0.300. The van der Waals surface area contributed by atoms with Gasteiger partial charge >= 0.3 is 0 Å². The summed E-state index contributed by atoms with van der Waals surface area (Å²) in [6, 6.07) is 0.335. The summed E-state index contributed by atoms with van der Waals surface area (Å²) in [5.41, 5.74) is 0.236. The molecule has 0 spiro atoms. The van der Waals surface area contributed by atoms with Crippen molar-refractivity contribution in [2.75, 3.05) is 33.1 Å². The summed E-state index contributed by atoms with van der Waals surface area (Å²) in [5, 5.41) is 3.41. The van der Waals surface area contributed by atoms with Gasteiger partial charge in [0.25, 0.3) is 0 Å². The lowest BCUT2D eigenvalue weighted by Gasteiger charge is -2.46. The molecule has 140 valence electrons. The molecule has 1 fully saturated rings. The molecule has 0 bridgehead atoms. The van der Waals surface area contributed by atoms with E-state index in [0.29, 0.717) is 25.9 Å². The van der Waals surface area contributed by atoms with Crippen LogP contribution in [0.3, 0.4) is 0 Å². The minimum absolute atomic E-state index is 0.0248. The molecule has 0 aromatic rings. The smallest absolute Gasteiger partial charge is 0.234 e. The number of hydrogen-bond donors (Lipinski definition) is 1. The second-order valence-electron chi connectivity index (χ2n) is 7.86. The molecule has 1 saturated carbocycles. The Hall–Kier alpha value is -0.780. The Labute approximate surface area is 146 Å². The molecule has 2 atom stereocenters. The zero-order valence-corrected chi connectivity index (χ0v) is 15.7. The summed E-state index contributed by atoms with van der Waals surface area (Å²) >= 11 is 0. The minimum Gasteiger partial charge on any atom is -0.382 e. The van der Waals surface area contributed by atoms with E-state index in [9.17, 15) is 4.79 Å². The van der Waals surface area contributed by atoms with E-state index >= 15 is 0 Å². The van der Waals surface area contributed by atoms with Crippen molar-refractivity contribution >= 4 is 6.08 Å². The van der Waals surface area contributed by atoms with Gasteiger partial charge in [-0.05, 0) is 49.9 Å². The first kappa shape index (κ1) is 21.3. The number of ether oxygens (including phenoxy) is 1. The Kier molecular flexibility index (Phi) is 9.71. The number of unbranched alkanes of at least 4 members (excludes halogenated alkanes) is 1. The van der Waals surface area contributed by atoms with E-state index in [-0.39, 0.29) is 10.8 Å². The number of nitrogens with zero attached hydrogens (tertiary/aromatic N) is 1. The van der Waals surface area contributed by atoms with Crippen LogP contribution < -0.4 is 5.32 Å². The summed E-state index contributed by atoms with van der Waals surface area (Å²) in [6.07, 6.45) is 6.68. The van der Waals surface area contributed by atoms with E-state index in [2.05, 4.69) is 31.1 Å². The first-order valence-electron chi connectivity index (χ1n) is 9.00. The molecular formula is C18H34N2O4. The van der Waals surface area contributed by atoms with Crippen LogP contribution in [0.25, 0.3) is 0 Å². The van der Waals surface area contributed by atoms with Crippen molar-refractivity contribution in [1.82, 2.24) is 5.32 Å². The van der Waals surface area contributed by atoms with Crippen molar-refractivity contribution in [2.24, 2.45) is 15.8 Å². The lowest BCUT2D eigenvalue weighted by Crippen LogP contribution is -2.46. The van der Waals surface area contributed by atoms with Gasteiger partial charge in [0.2, 0.25) is 6.08 Å². The highest BCUT2D eigenvalue weighted by Crippen LogP contribution is 2.46. The van der Waals surface area contributed by atoms with Crippen molar-refractivity contribution < 1.29 is 19.3 Å². The molecule has 0 aliphatic heterocycles. The molecule has 2 unspecified atom stereocenters. The molecule has 1 aliphatic rings. The predicted octanol–water partition coefficient (Wildman–Crippen LogP) is 3.22. The Balaban J connectivity index is 2.22. The third-order valence-corrected chi connectivity index (χ3v) is 4.45. The van der Waals surface area contributed by atoms with Crippen molar-refractivity contribution in [2.45, 2.75) is 65.8 Å². The Morgan fingerprint density at radius 3 is 2.62 bits per heavy atom. The van der Waals surface area contributed by atoms with Crippen LogP contribution in [-0.2, 0) is 19.3 Å². The Morgan fingerprint density at radius 1 is 1.17 bits per heavy atom. The maximum absolute atomic E-state index is 10.4. The van der Waals surface area contributed by atoms with Gasteiger partial charge in [0.1, 0.15) is 6.73 Å². The standard InChI is InChI=1S/C18H34N2O4/c1-5-22-8-6-7-9-23-24-15-20-16-10-17(2,3)12-18(4,11-16)13-19-14-21/h16,20H,5-13,15H2,1-4H3. The number of hydrogen-bond acceptors (Lipinski definition) is 6. The van der Waals surface area contributed by atoms with Crippen LogP contribution in [0.4, 0.5) is 0 Å². The molecule has 1 rings (SSSR count). The summed E-state index contributed by atoms with van der Waals surface area (Å²) in [6.45, 7) is 11.7. The molecule has 24 heavy (non-hydrogen) atoms. The van der Waals surface area contributed by atoms with Gasteiger partial charge in [0.05, 0.1) is 13.2 Å². The van der Waals surface area contributed by atoms with E-state index in [1.807, 2.05) is 6.92 Å². The third-order valence-electron chi connectivity index (χ3n) is 4.45. The summed E-state index contributed by atoms with van der Waals surface area (Å²) in [4.78, 5) is 24.7. The molecule has 1 aliphatic carbocycles. The average molecular weight is 342 g/mol. The highest BCUT2D eigenvalue weighted by molar-refractivity contribution is 5.33. The highest BCUT2D eigenvalue weighted by Gasteiger charge is 2.41. The van der Waals surface area contributed by atoms with Gasteiger partial charge in [0, 0.05) is 19.3 Å². The minimum atomic E-state index is 0.0248. The van der Waals surface area contributed by atoms with Crippen LogP contribution in [0.5, 0.6) is 0 Å². The van der Waals surface area contributed by atoms with Crippen molar-refractivity contribution in [3.63, 3.8) is 0 Å². The molecule has 0 heterocycles. The van der Waals surface area contributed by atoms with E-state index < -0.39 is 0 Å². The summed E-state index contributed by atoms with van der Waals surface area (Å²) in [5.74, 6) is 0. The van der Waals surface area contributed by atoms with E-state index in [4.69, 9.17) is 14.5 Å². The zero-order chi connectivity index (χ0) is 17.9. The van der Waals surface area contributed by atoms with Gasteiger partial charge in [0.15, 0.2) is 0 Å². The monoisotopic (exact) mass is 342 g/mol. The van der Waals surface area contributed by atoms with Gasteiger partial charge in [-0.15, -0.1) is 0 Å². The number of rotatable bonds is 12. The quantitative estimate of drug-likeness (QED) is 0.147. The van der Waals surface area contributed by atoms with Crippen LogP contribution in [0, 0.1) is 10.8 Å². The van der Waals surface area contributed by atoms with E-state index in [1.54, 1.807) is 6.08 Å². The number of isocyanates is 1. The van der Waals surface area contributed by atoms with E-state index in [1.165, 1.54) is 0 Å². The average Bonchev–Trinajstić information content (AvgIpc) is 2.49. The molecular weight excluding hydrogens is 308 g/mol. The van der Waals surface area contributed by atoms with Gasteiger partial charge in [-0.2, -0.15) is 0 Å². The Bertz CT molecular complexity index is 396. The van der Waals surface area contributed by atoms with Crippen molar-refractivity contribution in [3.8, 4) is 0 Å². The number of aliphatic imine (C=N–C) groups is 1. The third kappa shape index (κ3) is 8.90. The van der Waals surface area contributed by atoms with Gasteiger partial charge in [-0.3, -0.25) is 5.32 Å². The number of carbonyl (C=O) groups excluding carboxylic acids is 1. The molecule has 0 saturated heterocycles. The molecule has 0 amide bonds. The fraction of sp³-hybridized carbons (Fsp3) is 0.944. The fourth-order valence-electron chi connectivity index (χ4n) is 3.88. The number of nitrogens with one attached hydrogen (secondary N) is 1. The van der Waals surface area contributed by atoms with Crippen molar-refractivity contribution in [3.05, 3.63) is 0 Å². The molecule has 0 aromatic heterocycles. The second-order valence-corrected chi connectivity index (χ2v) is 7.86. The van der Waals surface area contributed by atoms with Crippen LogP contribution in [0.2, 0.25) is 0 Å². The van der Waals surface area contributed by atoms with Gasteiger partial charge in [-0.1, -0.05) is 20.8 Å². The highest BCUT2D eigenvalue weighted by atomic mass is 17.2. The predicted molar refractivity (Wildman–Crippen MR) is 93.3 cm³/mol. The van der Waals surface area contributed by atoms with Crippen LogP contribution in [0.1, 0.15) is 59.8 Å². The maximum atomic E-state index is 10.4. The first-order valence-corrected chi connectivity index (χ1v) is 9.00. The second kappa shape index (κ2) is 11.0. The Morgan fingerprint density at radius 2 is 1.92 bits per heavy atom. The topological polar surface area (TPSA) is 69.2 Å². The van der Waals surface area contributed by atoms with Crippen LogP contribution in [0.15, 0.2) is 4.99 Å². The summed E-state index contributed by atoms with van der Waals surface area (Å²) < 4.78 is 5.27. The largest absolute Gasteiger partial charge is 0.382 e. The first-order chi connectivity index (χ1) is 11.4. The van der Waals surface area contributed by atoms with Crippen LogP contribution >= 0.6 is 0 Å². The van der Waals surface area contributed by atoms with E-state index in [0.717, 1.165) is 45.3 Å². The van der Waals surface area contributed by atoms with Crippen molar-refractivity contribution in [1.29, 1.82) is 0 Å². The molecule has 6 heteroatoms.